The second kappa shape index (κ2) is 25.9. The minimum absolute atomic E-state index is 0.0374. The predicted octanol–water partition coefficient (Wildman–Crippen LogP) is 9.62. The van der Waals surface area contributed by atoms with Gasteiger partial charge in [0.1, 0.15) is 11.9 Å². The summed E-state index contributed by atoms with van der Waals surface area (Å²) in [7, 11) is 0. The molecule has 3 saturated carbocycles. The van der Waals surface area contributed by atoms with Gasteiger partial charge in [-0.2, -0.15) is 5.10 Å². The largest absolute Gasteiger partial charge is 0.494 e. The molecule has 69 heavy (non-hydrogen) atoms. The van der Waals surface area contributed by atoms with Gasteiger partial charge in [0.15, 0.2) is 0 Å². The molecule has 10 atom stereocenters. The number of nitrogens with one attached hydrogen (secondary N) is 3. The lowest BCUT2D eigenvalue weighted by Crippen LogP contribution is -2.51. The van der Waals surface area contributed by atoms with Gasteiger partial charge >= 0.3 is 6.09 Å². The molecule has 1 saturated heterocycles. The number of unbranched alkanes of at least 4 members (excludes halogenated alkanes) is 3. The maximum absolute atomic E-state index is 12.9. The minimum Gasteiger partial charge on any atom is -0.494 e. The first kappa shape index (κ1) is 54.4. The van der Waals surface area contributed by atoms with E-state index in [4.69, 9.17) is 9.47 Å². The van der Waals surface area contributed by atoms with Crippen LogP contribution in [0, 0.1) is 46.3 Å². The average Bonchev–Trinajstić information content (AvgIpc) is 3.89. The summed E-state index contributed by atoms with van der Waals surface area (Å²) in [6, 6.07) is 7.15. The number of hydrogen-bond donors (Lipinski definition) is 5. The summed E-state index contributed by atoms with van der Waals surface area (Å²) in [6.07, 6.45) is 20.8. The van der Waals surface area contributed by atoms with Crippen molar-refractivity contribution in [2.45, 2.75) is 195 Å². The summed E-state index contributed by atoms with van der Waals surface area (Å²) in [4.78, 5) is 51.7. The molecule has 1 heterocycles. The maximum atomic E-state index is 12.9. The highest BCUT2D eigenvalue weighted by molar-refractivity contribution is 5.99. The van der Waals surface area contributed by atoms with Crippen LogP contribution in [-0.2, 0) is 19.1 Å². The van der Waals surface area contributed by atoms with Gasteiger partial charge in [0.05, 0.1) is 31.1 Å². The number of ether oxygens (including phenoxy) is 2. The van der Waals surface area contributed by atoms with Crippen molar-refractivity contribution >= 4 is 29.5 Å². The fraction of sp³-hybridized carbons (Fsp3) is 0.768. The summed E-state index contributed by atoms with van der Waals surface area (Å²) >= 11 is 0. The van der Waals surface area contributed by atoms with Crippen molar-refractivity contribution < 1.29 is 38.9 Å². The van der Waals surface area contributed by atoms with Crippen LogP contribution in [-0.4, -0.2) is 95.7 Å². The van der Waals surface area contributed by atoms with Crippen LogP contribution in [0.4, 0.5) is 4.79 Å². The molecule has 1 aromatic rings. The Bertz CT molecular complexity index is 1900. The second-order valence-corrected chi connectivity index (χ2v) is 22.6. The first-order chi connectivity index (χ1) is 33.1. The number of benzene rings is 1. The quantitative estimate of drug-likeness (QED) is 0.0278. The number of carbonyl (C=O) groups excluding carboxylic acids is 4. The monoisotopic (exact) mass is 960 g/mol. The molecular formula is C56H89N5O8. The van der Waals surface area contributed by atoms with Crippen LogP contribution in [0.15, 0.2) is 41.0 Å². The van der Waals surface area contributed by atoms with Crippen LogP contribution in [0.2, 0.25) is 0 Å². The van der Waals surface area contributed by atoms with E-state index in [1.54, 1.807) is 4.90 Å². The first-order valence-electron chi connectivity index (χ1n) is 27.2. The van der Waals surface area contributed by atoms with Gasteiger partial charge in [-0.15, -0.1) is 0 Å². The van der Waals surface area contributed by atoms with E-state index in [0.29, 0.717) is 87.9 Å². The molecule has 1 aliphatic heterocycles. The molecule has 13 heteroatoms. The molecule has 1 aromatic carbocycles. The van der Waals surface area contributed by atoms with Crippen molar-refractivity contribution in [3.8, 4) is 5.75 Å². The van der Waals surface area contributed by atoms with E-state index < -0.39 is 6.10 Å². The number of alkyl carbamates (subject to hydrolysis) is 1. The molecule has 5 aliphatic rings. The number of hydrazone groups is 1. The number of aliphatic hydroxyl groups excluding tert-OH is 2. The average molecular weight is 960 g/mol. The molecule has 6 rings (SSSR count). The van der Waals surface area contributed by atoms with E-state index in [2.05, 4.69) is 61.9 Å². The number of rotatable bonds is 25. The first-order valence-corrected chi connectivity index (χ1v) is 27.2. The van der Waals surface area contributed by atoms with Gasteiger partial charge in [0, 0.05) is 45.3 Å². The predicted molar refractivity (Wildman–Crippen MR) is 271 cm³/mol. The zero-order chi connectivity index (χ0) is 49.6. The molecular weight excluding hydrogens is 871 g/mol. The van der Waals surface area contributed by atoms with Crippen molar-refractivity contribution in [1.82, 2.24) is 21.0 Å². The molecule has 4 fully saturated rings. The molecule has 0 spiro atoms. The van der Waals surface area contributed by atoms with Gasteiger partial charge in [0.25, 0.3) is 0 Å². The maximum Gasteiger partial charge on any atom is 0.407 e. The van der Waals surface area contributed by atoms with E-state index in [-0.39, 0.29) is 54.5 Å². The van der Waals surface area contributed by atoms with Crippen LogP contribution in [0.5, 0.6) is 5.75 Å². The van der Waals surface area contributed by atoms with Gasteiger partial charge in [-0.3, -0.25) is 14.4 Å². The highest BCUT2D eigenvalue weighted by atomic mass is 16.6. The van der Waals surface area contributed by atoms with Crippen molar-refractivity contribution in [2.24, 2.45) is 51.4 Å². The Morgan fingerprint density at radius 2 is 1.58 bits per heavy atom. The van der Waals surface area contributed by atoms with Crippen LogP contribution >= 0.6 is 0 Å². The van der Waals surface area contributed by atoms with E-state index in [1.807, 2.05) is 31.2 Å². The van der Waals surface area contributed by atoms with Crippen LogP contribution < -0.4 is 20.8 Å². The Labute approximate surface area is 414 Å². The molecule has 386 valence electrons. The van der Waals surface area contributed by atoms with E-state index in [0.717, 1.165) is 73.2 Å². The third-order valence-electron chi connectivity index (χ3n) is 17.4. The zero-order valence-corrected chi connectivity index (χ0v) is 43.2. The number of hydrogen-bond acceptors (Lipinski definition) is 9. The van der Waals surface area contributed by atoms with E-state index >= 15 is 0 Å². The highest BCUT2D eigenvalue weighted by Crippen LogP contribution is 2.67. The number of allylic oxidation sites excluding steroid dienone is 1. The zero-order valence-electron chi connectivity index (χ0n) is 43.2. The van der Waals surface area contributed by atoms with Gasteiger partial charge in [-0.05, 0) is 167 Å². The molecule has 4 aliphatic carbocycles. The molecule has 0 radical (unpaired) electrons. The second-order valence-electron chi connectivity index (χ2n) is 22.6. The fourth-order valence-electron chi connectivity index (χ4n) is 13.4. The summed E-state index contributed by atoms with van der Waals surface area (Å²) in [5.74, 6) is 5.28. The summed E-state index contributed by atoms with van der Waals surface area (Å²) in [5, 5.41) is 29.4. The Balaban J connectivity index is 0.788. The SMILES string of the molecule is C/C(=N\NC(=O)CCCCNC(=O)O[C@H]1CC[C@@]2(C)C(=CCC3C2CC[C@@]2(C)C3CC[C@@H]2[C@H](C)CCCC(C)C)C1)c1ccc(OCCCC(=O)NCCCCCC(=O)N2C[C@H](O)C[C@H]2CO)cc1. The van der Waals surface area contributed by atoms with Crippen LogP contribution in [0.3, 0.4) is 0 Å². The van der Waals surface area contributed by atoms with Crippen molar-refractivity contribution in [3.05, 3.63) is 41.5 Å². The third-order valence-corrected chi connectivity index (χ3v) is 17.4. The Morgan fingerprint density at radius 1 is 0.841 bits per heavy atom. The van der Waals surface area contributed by atoms with Gasteiger partial charge in [-0.1, -0.05) is 72.0 Å². The number of β-amino-alcohol motifs (C(OH)–C–C–N with tert-alkyl or cyclic N) is 1. The lowest BCUT2D eigenvalue weighted by Gasteiger charge is -2.58. The Morgan fingerprint density at radius 3 is 2.35 bits per heavy atom. The standard InChI is InChI=1S/C56H89N5O8/c1-38(2)14-12-15-39(3)48-25-26-49-47-24-21-42-34-46(27-29-55(42,5)50(47)28-30-56(48,49)6)69-54(67)58-32-11-9-16-52(65)60-59-40(4)41-19-22-45(23-20-41)68-33-13-17-51(64)57-31-10-7-8-18-53(66)61-36-44(63)35-43(61)37-62/h19-23,38-39,43-44,46-50,62-63H,7-18,24-37H2,1-6H3,(H,57,64)(H,58,67)(H,60,65)/b59-40+/t39-,43+,44-,46+,47?,48-,49?,50?,55+,56-/m1/s1. The molecule has 13 nitrogen and oxygen atoms in total. The third kappa shape index (κ3) is 14.8. The van der Waals surface area contributed by atoms with Crippen molar-refractivity contribution in [3.63, 3.8) is 0 Å². The molecule has 5 N–H and O–H groups in total. The number of aliphatic hydroxyl groups is 2. The molecule has 4 amide bonds. The smallest absolute Gasteiger partial charge is 0.407 e. The molecule has 0 aromatic heterocycles. The summed E-state index contributed by atoms with van der Waals surface area (Å²) in [6.45, 7) is 15.8. The lowest BCUT2D eigenvalue weighted by molar-refractivity contribution is -0.133. The normalized spacial score (nSPS) is 29.1. The number of carbonyl (C=O) groups is 4. The Hall–Kier alpha value is -3.97. The van der Waals surface area contributed by atoms with Crippen LogP contribution in [0.25, 0.3) is 0 Å². The molecule has 0 bridgehead atoms. The van der Waals surface area contributed by atoms with E-state index in [1.165, 1.54) is 56.9 Å². The number of likely N-dealkylation sites (tertiary alicyclic amines) is 1. The fourth-order valence-corrected chi connectivity index (χ4v) is 13.4. The van der Waals surface area contributed by atoms with Crippen molar-refractivity contribution in [2.75, 3.05) is 32.8 Å². The minimum atomic E-state index is -0.567. The van der Waals surface area contributed by atoms with Gasteiger partial charge in [0.2, 0.25) is 17.7 Å². The summed E-state index contributed by atoms with van der Waals surface area (Å²) < 4.78 is 11.8. The molecule has 3 unspecified atom stereocenters. The lowest BCUT2D eigenvalue weighted by atomic mass is 9.47. The van der Waals surface area contributed by atoms with Crippen LogP contribution in [0.1, 0.15) is 182 Å². The number of amides is 4. The van der Waals surface area contributed by atoms with Crippen molar-refractivity contribution in [1.29, 1.82) is 0 Å². The number of fused-ring (bicyclic) bond motifs is 5. The van der Waals surface area contributed by atoms with Gasteiger partial charge < -0.3 is 35.2 Å². The number of nitrogens with zero attached hydrogens (tertiary/aromatic N) is 2. The van der Waals surface area contributed by atoms with Gasteiger partial charge in [-0.25, -0.2) is 10.2 Å². The van der Waals surface area contributed by atoms with E-state index in [9.17, 15) is 29.4 Å². The Kier molecular flexibility index (Phi) is 20.4. The summed E-state index contributed by atoms with van der Waals surface area (Å²) in [5.41, 5.74) is 6.40. The topological polar surface area (TPSA) is 179 Å². The highest BCUT2D eigenvalue weighted by Gasteiger charge is 2.59.